The Morgan fingerprint density at radius 3 is 2.41 bits per heavy atom. The molecule has 1 unspecified atom stereocenters. The number of hydrogen-bond donors (Lipinski definition) is 1. The molecule has 2 nitrogen and oxygen atoms in total. The van der Waals surface area contributed by atoms with Gasteiger partial charge < -0.3 is 10.0 Å². The Hall–Kier alpha value is -0.540. The second-order valence-corrected chi connectivity index (χ2v) is 5.73. The molecule has 0 heterocycles. The molecule has 0 fully saturated rings. The molecule has 0 radical (unpaired) electrons. The fourth-order valence-corrected chi connectivity index (χ4v) is 2.33. The molecule has 1 N–H and O–H groups in total. The topological polar surface area (TPSA) is 23.5 Å². The standard InChI is InChI=1S/C14H22BrNO/c1-5-16(9-10(2)3)14-8-12(15)6-7-13(14)11(4)17/h6-8,10-11,17H,5,9H2,1-4H3. The molecule has 1 rings (SSSR count). The van der Waals surface area contributed by atoms with Gasteiger partial charge in [0.2, 0.25) is 0 Å². The van der Waals surface area contributed by atoms with Crippen LogP contribution in [0.2, 0.25) is 0 Å². The molecule has 0 saturated heterocycles. The van der Waals surface area contributed by atoms with Gasteiger partial charge in [-0.2, -0.15) is 0 Å². The second kappa shape index (κ2) is 6.41. The summed E-state index contributed by atoms with van der Waals surface area (Å²) in [6, 6.07) is 6.07. The van der Waals surface area contributed by atoms with Crippen molar-refractivity contribution in [3.05, 3.63) is 28.2 Å². The summed E-state index contributed by atoms with van der Waals surface area (Å²) in [4.78, 5) is 2.32. The highest BCUT2D eigenvalue weighted by atomic mass is 79.9. The Kier molecular flexibility index (Phi) is 5.47. The number of rotatable bonds is 5. The van der Waals surface area contributed by atoms with Crippen LogP contribution in [0.3, 0.4) is 0 Å². The molecule has 0 aliphatic heterocycles. The summed E-state index contributed by atoms with van der Waals surface area (Å²) in [5.74, 6) is 0.607. The Morgan fingerprint density at radius 1 is 1.29 bits per heavy atom. The predicted octanol–water partition coefficient (Wildman–Crippen LogP) is 3.98. The molecule has 17 heavy (non-hydrogen) atoms. The SMILES string of the molecule is CCN(CC(C)C)c1cc(Br)ccc1C(C)O. The Morgan fingerprint density at radius 2 is 1.94 bits per heavy atom. The van der Waals surface area contributed by atoms with E-state index in [1.807, 2.05) is 19.1 Å². The maximum Gasteiger partial charge on any atom is 0.0782 e. The van der Waals surface area contributed by atoms with Crippen LogP contribution in [-0.2, 0) is 0 Å². The Bertz CT molecular complexity index is 363. The average Bonchev–Trinajstić information content (AvgIpc) is 2.25. The van der Waals surface area contributed by atoms with E-state index in [9.17, 15) is 5.11 Å². The zero-order valence-electron chi connectivity index (χ0n) is 11.1. The summed E-state index contributed by atoms with van der Waals surface area (Å²) in [6.45, 7) is 10.3. The van der Waals surface area contributed by atoms with Gasteiger partial charge >= 0.3 is 0 Å². The van der Waals surface area contributed by atoms with Gasteiger partial charge in [-0.25, -0.2) is 0 Å². The van der Waals surface area contributed by atoms with Crippen LogP contribution in [0.5, 0.6) is 0 Å². The number of nitrogens with zero attached hydrogens (tertiary/aromatic N) is 1. The molecule has 1 atom stereocenters. The van der Waals surface area contributed by atoms with E-state index in [1.54, 1.807) is 0 Å². The molecule has 1 aromatic carbocycles. The van der Waals surface area contributed by atoms with E-state index in [0.29, 0.717) is 5.92 Å². The Balaban J connectivity index is 3.11. The van der Waals surface area contributed by atoms with Crippen LogP contribution in [0.1, 0.15) is 39.4 Å². The van der Waals surface area contributed by atoms with Crippen LogP contribution in [0.25, 0.3) is 0 Å². The number of halogens is 1. The molecule has 0 saturated carbocycles. The fraction of sp³-hybridized carbons (Fsp3) is 0.571. The Labute approximate surface area is 113 Å². The summed E-state index contributed by atoms with van der Waals surface area (Å²) in [6.07, 6.45) is -0.431. The molecule has 0 aromatic heterocycles. The molecule has 0 aliphatic carbocycles. The number of hydrogen-bond acceptors (Lipinski definition) is 2. The van der Waals surface area contributed by atoms with E-state index in [-0.39, 0.29) is 0 Å². The van der Waals surface area contributed by atoms with E-state index in [4.69, 9.17) is 0 Å². The first-order valence-electron chi connectivity index (χ1n) is 6.18. The molecule has 3 heteroatoms. The minimum Gasteiger partial charge on any atom is -0.389 e. The minimum absolute atomic E-state index is 0.431. The largest absolute Gasteiger partial charge is 0.389 e. The van der Waals surface area contributed by atoms with Crippen molar-refractivity contribution in [1.29, 1.82) is 0 Å². The van der Waals surface area contributed by atoms with E-state index in [1.165, 1.54) is 0 Å². The highest BCUT2D eigenvalue weighted by Crippen LogP contribution is 2.30. The summed E-state index contributed by atoms with van der Waals surface area (Å²) in [7, 11) is 0. The zero-order valence-corrected chi connectivity index (χ0v) is 12.7. The first kappa shape index (κ1) is 14.5. The smallest absolute Gasteiger partial charge is 0.0782 e. The number of benzene rings is 1. The molecule has 0 spiro atoms. The van der Waals surface area contributed by atoms with E-state index < -0.39 is 6.10 Å². The van der Waals surface area contributed by atoms with Crippen molar-refractivity contribution >= 4 is 21.6 Å². The molecule has 1 aromatic rings. The van der Waals surface area contributed by atoms with Gasteiger partial charge in [-0.1, -0.05) is 35.8 Å². The third kappa shape index (κ3) is 4.00. The average molecular weight is 300 g/mol. The van der Waals surface area contributed by atoms with Gasteiger partial charge in [0.1, 0.15) is 0 Å². The normalized spacial score (nSPS) is 12.9. The van der Waals surface area contributed by atoms with Gasteiger partial charge in [0, 0.05) is 28.8 Å². The van der Waals surface area contributed by atoms with Crippen LogP contribution in [0, 0.1) is 5.92 Å². The lowest BCUT2D eigenvalue weighted by atomic mass is 10.1. The number of aliphatic hydroxyl groups excluding tert-OH is 1. The second-order valence-electron chi connectivity index (χ2n) is 4.81. The van der Waals surface area contributed by atoms with E-state index in [0.717, 1.165) is 28.8 Å². The van der Waals surface area contributed by atoms with Crippen molar-refractivity contribution in [2.45, 2.75) is 33.8 Å². The lowest BCUT2D eigenvalue weighted by Crippen LogP contribution is -2.28. The van der Waals surface area contributed by atoms with Crippen molar-refractivity contribution in [3.63, 3.8) is 0 Å². The fourth-order valence-electron chi connectivity index (χ4n) is 1.98. The molecule has 0 bridgehead atoms. The van der Waals surface area contributed by atoms with Gasteiger partial charge in [0.25, 0.3) is 0 Å². The van der Waals surface area contributed by atoms with Gasteiger partial charge in [-0.3, -0.25) is 0 Å². The van der Waals surface area contributed by atoms with Gasteiger partial charge in [-0.05, 0) is 31.9 Å². The first-order chi connectivity index (χ1) is 7.95. The first-order valence-corrected chi connectivity index (χ1v) is 6.97. The third-order valence-corrected chi connectivity index (χ3v) is 3.24. The molecule has 0 aliphatic rings. The monoisotopic (exact) mass is 299 g/mol. The summed E-state index contributed by atoms with van der Waals surface area (Å²) >= 11 is 3.50. The van der Waals surface area contributed by atoms with Gasteiger partial charge in [0.15, 0.2) is 0 Å². The van der Waals surface area contributed by atoms with E-state index >= 15 is 0 Å². The van der Waals surface area contributed by atoms with Gasteiger partial charge in [-0.15, -0.1) is 0 Å². The number of aliphatic hydroxyl groups is 1. The molecular weight excluding hydrogens is 278 g/mol. The summed E-state index contributed by atoms with van der Waals surface area (Å²) in [5, 5.41) is 9.83. The highest BCUT2D eigenvalue weighted by Gasteiger charge is 2.14. The third-order valence-electron chi connectivity index (χ3n) is 2.75. The molecular formula is C14H22BrNO. The maximum absolute atomic E-state index is 9.83. The number of anilines is 1. The summed E-state index contributed by atoms with van der Waals surface area (Å²) < 4.78 is 1.05. The van der Waals surface area contributed by atoms with Crippen LogP contribution in [0.4, 0.5) is 5.69 Å². The highest BCUT2D eigenvalue weighted by molar-refractivity contribution is 9.10. The van der Waals surface area contributed by atoms with Crippen molar-refractivity contribution < 1.29 is 5.11 Å². The van der Waals surface area contributed by atoms with Crippen LogP contribution in [0.15, 0.2) is 22.7 Å². The minimum atomic E-state index is -0.431. The quantitative estimate of drug-likeness (QED) is 0.889. The van der Waals surface area contributed by atoms with Crippen molar-refractivity contribution in [3.8, 4) is 0 Å². The van der Waals surface area contributed by atoms with Crippen LogP contribution >= 0.6 is 15.9 Å². The van der Waals surface area contributed by atoms with Crippen molar-refractivity contribution in [2.75, 3.05) is 18.0 Å². The van der Waals surface area contributed by atoms with E-state index in [2.05, 4.69) is 47.7 Å². The predicted molar refractivity (Wildman–Crippen MR) is 77.5 cm³/mol. The maximum atomic E-state index is 9.83. The molecule has 96 valence electrons. The summed E-state index contributed by atoms with van der Waals surface area (Å²) in [5.41, 5.74) is 2.13. The van der Waals surface area contributed by atoms with Crippen LogP contribution in [-0.4, -0.2) is 18.2 Å². The van der Waals surface area contributed by atoms with Crippen molar-refractivity contribution in [2.24, 2.45) is 5.92 Å². The zero-order chi connectivity index (χ0) is 13.0. The van der Waals surface area contributed by atoms with Crippen molar-refractivity contribution in [1.82, 2.24) is 0 Å². The lowest BCUT2D eigenvalue weighted by molar-refractivity contribution is 0.199. The molecule has 0 amide bonds. The van der Waals surface area contributed by atoms with Gasteiger partial charge in [0.05, 0.1) is 6.10 Å². The lowest BCUT2D eigenvalue weighted by Gasteiger charge is -2.28. The van der Waals surface area contributed by atoms with Crippen LogP contribution < -0.4 is 4.90 Å².